The van der Waals surface area contributed by atoms with Crippen LogP contribution in [0.5, 0.6) is 5.75 Å². The summed E-state index contributed by atoms with van der Waals surface area (Å²) in [6.07, 6.45) is 0. The number of ether oxygens (including phenoxy) is 1. The van der Waals surface area contributed by atoms with Crippen LogP contribution in [0.4, 0.5) is 5.69 Å². The number of nitriles is 1. The number of nitrogens with zero attached hydrogens (tertiary/aromatic N) is 1. The molecule has 1 aromatic rings. The lowest BCUT2D eigenvalue weighted by molar-refractivity contribution is -0.119. The highest BCUT2D eigenvalue weighted by Crippen LogP contribution is 2.27. The third-order valence-corrected chi connectivity index (χ3v) is 2.17. The standard InChI is InChI=1S/C12H15N3O2/c1-3-14-11(16)8-15-12-9(7-13)5-4-6-10(12)17-2/h4-6,15H,3,8H2,1-2H3,(H,14,16). The summed E-state index contributed by atoms with van der Waals surface area (Å²) in [5.41, 5.74) is 0.998. The van der Waals surface area contributed by atoms with E-state index < -0.39 is 0 Å². The number of amides is 1. The average molecular weight is 233 g/mol. The number of methoxy groups -OCH3 is 1. The Balaban J connectivity index is 2.82. The Hall–Kier alpha value is -2.22. The molecule has 0 fully saturated rings. The Morgan fingerprint density at radius 1 is 1.53 bits per heavy atom. The number of likely N-dealkylation sites (N-methyl/N-ethyl adjacent to an activating group) is 1. The quantitative estimate of drug-likeness (QED) is 0.799. The maximum absolute atomic E-state index is 11.3. The summed E-state index contributed by atoms with van der Waals surface area (Å²) >= 11 is 0. The Morgan fingerprint density at radius 2 is 2.29 bits per heavy atom. The monoisotopic (exact) mass is 233 g/mol. The van der Waals surface area contributed by atoms with E-state index in [0.29, 0.717) is 23.5 Å². The number of carbonyl (C=O) groups is 1. The van der Waals surface area contributed by atoms with Gasteiger partial charge in [0.2, 0.25) is 5.91 Å². The predicted molar refractivity (Wildman–Crippen MR) is 64.9 cm³/mol. The summed E-state index contributed by atoms with van der Waals surface area (Å²) in [7, 11) is 1.52. The van der Waals surface area contributed by atoms with Gasteiger partial charge in [-0.05, 0) is 19.1 Å². The van der Waals surface area contributed by atoms with Gasteiger partial charge >= 0.3 is 0 Å². The molecule has 1 aromatic carbocycles. The number of hydrogen-bond donors (Lipinski definition) is 2. The van der Waals surface area contributed by atoms with Gasteiger partial charge < -0.3 is 15.4 Å². The number of benzene rings is 1. The molecule has 2 N–H and O–H groups in total. The number of nitrogens with one attached hydrogen (secondary N) is 2. The highest BCUT2D eigenvalue weighted by atomic mass is 16.5. The summed E-state index contributed by atoms with van der Waals surface area (Å²) < 4.78 is 5.13. The molecule has 5 heteroatoms. The van der Waals surface area contributed by atoms with Crippen molar-refractivity contribution in [1.82, 2.24) is 5.32 Å². The molecule has 1 amide bonds. The van der Waals surface area contributed by atoms with Crippen molar-refractivity contribution in [2.24, 2.45) is 0 Å². The SMILES string of the molecule is CCNC(=O)CNc1c(C#N)cccc1OC. The molecule has 0 saturated heterocycles. The fourth-order valence-electron chi connectivity index (χ4n) is 1.41. The number of hydrogen-bond acceptors (Lipinski definition) is 4. The van der Waals surface area contributed by atoms with Crippen LogP contribution in [0.1, 0.15) is 12.5 Å². The van der Waals surface area contributed by atoms with Crippen LogP contribution >= 0.6 is 0 Å². The first kappa shape index (κ1) is 12.8. The molecule has 0 aliphatic rings. The van der Waals surface area contributed by atoms with Crippen molar-refractivity contribution in [3.63, 3.8) is 0 Å². The summed E-state index contributed by atoms with van der Waals surface area (Å²) in [6.45, 7) is 2.54. The maximum Gasteiger partial charge on any atom is 0.239 e. The normalized spacial score (nSPS) is 9.24. The van der Waals surface area contributed by atoms with Gasteiger partial charge in [0, 0.05) is 6.54 Å². The minimum absolute atomic E-state index is 0.114. The van der Waals surface area contributed by atoms with E-state index in [4.69, 9.17) is 10.00 Å². The molecule has 1 rings (SSSR count). The van der Waals surface area contributed by atoms with E-state index in [1.165, 1.54) is 7.11 Å². The molecule has 90 valence electrons. The van der Waals surface area contributed by atoms with Crippen molar-refractivity contribution >= 4 is 11.6 Å². The first-order valence-corrected chi connectivity index (χ1v) is 5.30. The third kappa shape index (κ3) is 3.38. The molecule has 0 unspecified atom stereocenters. The topological polar surface area (TPSA) is 74.2 Å². The number of para-hydroxylation sites is 1. The summed E-state index contributed by atoms with van der Waals surface area (Å²) in [4.78, 5) is 11.3. The second-order valence-corrected chi connectivity index (χ2v) is 3.30. The highest BCUT2D eigenvalue weighted by molar-refractivity contribution is 5.82. The van der Waals surface area contributed by atoms with E-state index in [1.54, 1.807) is 18.2 Å². The first-order chi connectivity index (χ1) is 8.22. The Morgan fingerprint density at radius 3 is 2.88 bits per heavy atom. The van der Waals surface area contributed by atoms with Crippen molar-refractivity contribution in [3.8, 4) is 11.8 Å². The van der Waals surface area contributed by atoms with Gasteiger partial charge in [-0.2, -0.15) is 5.26 Å². The lowest BCUT2D eigenvalue weighted by atomic mass is 10.2. The molecular formula is C12H15N3O2. The van der Waals surface area contributed by atoms with Gasteiger partial charge in [-0.3, -0.25) is 4.79 Å². The average Bonchev–Trinajstić information content (AvgIpc) is 2.36. The third-order valence-electron chi connectivity index (χ3n) is 2.17. The molecule has 0 bridgehead atoms. The van der Waals surface area contributed by atoms with Crippen molar-refractivity contribution < 1.29 is 9.53 Å². The second kappa shape index (κ2) is 6.38. The van der Waals surface area contributed by atoms with Crippen LogP contribution in [0.15, 0.2) is 18.2 Å². The molecule has 5 nitrogen and oxygen atoms in total. The zero-order valence-corrected chi connectivity index (χ0v) is 9.91. The van der Waals surface area contributed by atoms with Gasteiger partial charge in [0.05, 0.1) is 24.9 Å². The molecule has 0 saturated carbocycles. The Labute approximate surface area is 100 Å². The van der Waals surface area contributed by atoms with E-state index in [1.807, 2.05) is 6.92 Å². The van der Waals surface area contributed by atoms with E-state index in [0.717, 1.165) is 0 Å². The summed E-state index contributed by atoms with van der Waals surface area (Å²) in [6, 6.07) is 7.19. The van der Waals surface area contributed by atoms with Crippen molar-refractivity contribution in [2.45, 2.75) is 6.92 Å². The zero-order valence-electron chi connectivity index (χ0n) is 9.91. The molecule has 17 heavy (non-hydrogen) atoms. The Bertz CT molecular complexity index is 438. The Kier molecular flexibility index (Phi) is 4.82. The summed E-state index contributed by atoms with van der Waals surface area (Å²) in [5.74, 6) is 0.427. The van der Waals surface area contributed by atoms with E-state index in [-0.39, 0.29) is 12.5 Å². The van der Waals surface area contributed by atoms with Gasteiger partial charge in [0.1, 0.15) is 11.8 Å². The highest BCUT2D eigenvalue weighted by Gasteiger charge is 2.09. The van der Waals surface area contributed by atoms with Gasteiger partial charge in [0.15, 0.2) is 0 Å². The van der Waals surface area contributed by atoms with Crippen LogP contribution in [-0.2, 0) is 4.79 Å². The number of anilines is 1. The largest absolute Gasteiger partial charge is 0.495 e. The van der Waals surface area contributed by atoms with Gasteiger partial charge in [0.25, 0.3) is 0 Å². The zero-order chi connectivity index (χ0) is 12.7. The fourth-order valence-corrected chi connectivity index (χ4v) is 1.41. The molecule has 0 radical (unpaired) electrons. The van der Waals surface area contributed by atoms with Crippen molar-refractivity contribution in [1.29, 1.82) is 5.26 Å². The lowest BCUT2D eigenvalue weighted by Gasteiger charge is -2.12. The van der Waals surface area contributed by atoms with Crippen molar-refractivity contribution in [2.75, 3.05) is 25.5 Å². The molecule has 0 aliphatic carbocycles. The number of rotatable bonds is 5. The van der Waals surface area contributed by atoms with E-state index in [9.17, 15) is 4.79 Å². The predicted octanol–water partition coefficient (Wildman–Crippen LogP) is 1.11. The molecule has 0 aliphatic heterocycles. The summed E-state index contributed by atoms with van der Waals surface area (Å²) in [5, 5.41) is 14.5. The smallest absolute Gasteiger partial charge is 0.239 e. The van der Waals surface area contributed by atoms with Gasteiger partial charge in [-0.15, -0.1) is 0 Å². The minimum Gasteiger partial charge on any atom is -0.495 e. The van der Waals surface area contributed by atoms with Gasteiger partial charge in [-0.25, -0.2) is 0 Å². The minimum atomic E-state index is -0.123. The van der Waals surface area contributed by atoms with Crippen LogP contribution in [0, 0.1) is 11.3 Å². The van der Waals surface area contributed by atoms with Crippen LogP contribution in [0.25, 0.3) is 0 Å². The van der Waals surface area contributed by atoms with Crippen LogP contribution in [-0.4, -0.2) is 26.1 Å². The second-order valence-electron chi connectivity index (χ2n) is 3.30. The molecule has 0 aromatic heterocycles. The molecule has 0 heterocycles. The molecule has 0 atom stereocenters. The first-order valence-electron chi connectivity index (χ1n) is 5.30. The van der Waals surface area contributed by atoms with Crippen molar-refractivity contribution in [3.05, 3.63) is 23.8 Å². The maximum atomic E-state index is 11.3. The lowest BCUT2D eigenvalue weighted by Crippen LogP contribution is -2.29. The van der Waals surface area contributed by atoms with Gasteiger partial charge in [-0.1, -0.05) is 6.07 Å². The van der Waals surface area contributed by atoms with Crippen LogP contribution in [0.3, 0.4) is 0 Å². The van der Waals surface area contributed by atoms with Crippen LogP contribution < -0.4 is 15.4 Å². The fraction of sp³-hybridized carbons (Fsp3) is 0.333. The number of carbonyl (C=O) groups excluding carboxylic acids is 1. The van der Waals surface area contributed by atoms with Crippen LogP contribution in [0.2, 0.25) is 0 Å². The molecule has 0 spiro atoms. The van der Waals surface area contributed by atoms with E-state index >= 15 is 0 Å². The van der Waals surface area contributed by atoms with E-state index in [2.05, 4.69) is 16.7 Å². The molecular weight excluding hydrogens is 218 g/mol.